The smallest absolute Gasteiger partial charge is 0.248 e. The minimum Gasteiger partial charge on any atom is -0.494 e. The van der Waals surface area contributed by atoms with Crippen LogP contribution in [0.5, 0.6) is 5.75 Å². The number of benzene rings is 1. The largest absolute Gasteiger partial charge is 0.494 e. The first-order valence-electron chi connectivity index (χ1n) is 6.21. The predicted octanol–water partition coefficient (Wildman–Crippen LogP) is 2.67. The first-order chi connectivity index (χ1) is 9.63. The molecule has 0 aliphatic carbocycles. The second-order valence-electron chi connectivity index (χ2n) is 4.20. The average molecular weight is 339 g/mol. The third kappa shape index (κ3) is 4.65. The molecule has 0 aliphatic rings. The Morgan fingerprint density at radius 3 is 2.80 bits per heavy atom. The van der Waals surface area contributed by atoms with Gasteiger partial charge in [0.25, 0.3) is 0 Å². The molecule has 1 aromatic heterocycles. The molecule has 0 fully saturated rings. The Labute approximate surface area is 125 Å². The summed E-state index contributed by atoms with van der Waals surface area (Å²) in [5.74, 6) is 1.64. The van der Waals surface area contributed by atoms with Crippen molar-refractivity contribution in [2.24, 2.45) is 0 Å². The van der Waals surface area contributed by atoms with E-state index >= 15 is 0 Å². The second-order valence-corrected chi connectivity index (χ2v) is 5.11. The monoisotopic (exact) mass is 338 g/mol. The van der Waals surface area contributed by atoms with Crippen molar-refractivity contribution < 1.29 is 9.53 Å². The van der Waals surface area contributed by atoms with Crippen LogP contribution in [0.3, 0.4) is 0 Å². The summed E-state index contributed by atoms with van der Waals surface area (Å²) >= 11 is 3.36. The Balaban J connectivity index is 1.65. The van der Waals surface area contributed by atoms with Crippen LogP contribution >= 0.6 is 15.9 Å². The van der Waals surface area contributed by atoms with E-state index in [1.54, 1.807) is 6.92 Å². The van der Waals surface area contributed by atoms with Gasteiger partial charge < -0.3 is 4.74 Å². The molecular formula is C13H15BrN4O2. The zero-order chi connectivity index (χ0) is 14.4. The lowest BCUT2D eigenvalue weighted by atomic mass is 10.3. The van der Waals surface area contributed by atoms with Crippen molar-refractivity contribution in [3.05, 3.63) is 34.6 Å². The van der Waals surface area contributed by atoms with Gasteiger partial charge in [0.1, 0.15) is 11.6 Å². The van der Waals surface area contributed by atoms with Crippen molar-refractivity contribution >= 4 is 27.8 Å². The molecule has 6 nitrogen and oxygen atoms in total. The molecule has 0 saturated carbocycles. The third-order valence-corrected chi connectivity index (χ3v) is 3.01. The number of aromatic nitrogens is 3. The normalized spacial score (nSPS) is 10.3. The lowest BCUT2D eigenvalue weighted by Gasteiger charge is -2.05. The molecule has 2 N–H and O–H groups in total. The zero-order valence-electron chi connectivity index (χ0n) is 11.0. The molecule has 0 spiro atoms. The first kappa shape index (κ1) is 14.5. The van der Waals surface area contributed by atoms with Gasteiger partial charge in [-0.1, -0.05) is 15.9 Å². The number of hydrogen-bond donors (Lipinski definition) is 2. The number of anilines is 1. The number of nitrogens with zero attached hydrogens (tertiary/aromatic N) is 2. The lowest BCUT2D eigenvalue weighted by Crippen LogP contribution is -2.13. The van der Waals surface area contributed by atoms with Crippen molar-refractivity contribution in [2.45, 2.75) is 19.8 Å². The van der Waals surface area contributed by atoms with Crippen molar-refractivity contribution in [1.29, 1.82) is 0 Å². The Hall–Kier alpha value is -1.89. The number of carbonyl (C=O) groups is 1. The van der Waals surface area contributed by atoms with Gasteiger partial charge in [-0.25, -0.2) is 0 Å². The maximum Gasteiger partial charge on any atom is 0.248 e. The standard InChI is InChI=1S/C13H15BrN4O2/c1-9-15-13(18-17-9)16-12(19)3-2-8-20-11-6-4-10(14)5-7-11/h4-7H,2-3,8H2,1H3,(H2,15,16,17,18,19). The van der Waals surface area contributed by atoms with E-state index in [2.05, 4.69) is 36.4 Å². The highest BCUT2D eigenvalue weighted by molar-refractivity contribution is 9.10. The van der Waals surface area contributed by atoms with Gasteiger partial charge in [-0.2, -0.15) is 4.98 Å². The molecule has 20 heavy (non-hydrogen) atoms. The molecule has 2 rings (SSSR count). The number of halogens is 1. The number of aromatic amines is 1. The summed E-state index contributed by atoms with van der Waals surface area (Å²) in [6, 6.07) is 7.57. The summed E-state index contributed by atoms with van der Waals surface area (Å²) in [6.07, 6.45) is 0.995. The quantitative estimate of drug-likeness (QED) is 0.793. The molecule has 1 heterocycles. The van der Waals surface area contributed by atoms with Crippen molar-refractivity contribution in [3.8, 4) is 5.75 Å². The molecule has 7 heteroatoms. The molecule has 0 atom stereocenters. The van der Waals surface area contributed by atoms with Gasteiger partial charge in [-0.3, -0.25) is 15.2 Å². The van der Waals surface area contributed by atoms with Gasteiger partial charge in [0.2, 0.25) is 11.9 Å². The van der Waals surface area contributed by atoms with Crippen LogP contribution in [0.1, 0.15) is 18.7 Å². The summed E-state index contributed by atoms with van der Waals surface area (Å²) in [5, 5.41) is 9.11. The first-order valence-corrected chi connectivity index (χ1v) is 7.00. The molecule has 0 aliphatic heterocycles. The van der Waals surface area contributed by atoms with Gasteiger partial charge >= 0.3 is 0 Å². The highest BCUT2D eigenvalue weighted by Crippen LogP contribution is 2.16. The SMILES string of the molecule is Cc1nc(NC(=O)CCCOc2ccc(Br)cc2)n[nH]1. The molecule has 2 aromatic rings. The third-order valence-electron chi connectivity index (χ3n) is 2.48. The van der Waals surface area contributed by atoms with Crippen LogP contribution in [0, 0.1) is 6.92 Å². The number of hydrogen-bond acceptors (Lipinski definition) is 4. The minimum atomic E-state index is -0.122. The van der Waals surface area contributed by atoms with E-state index in [0.717, 1.165) is 10.2 Å². The van der Waals surface area contributed by atoms with E-state index in [4.69, 9.17) is 4.74 Å². The molecule has 1 aromatic carbocycles. The molecule has 0 unspecified atom stereocenters. The van der Waals surface area contributed by atoms with E-state index in [0.29, 0.717) is 31.2 Å². The van der Waals surface area contributed by atoms with Gasteiger partial charge in [0.15, 0.2) is 0 Å². The maximum absolute atomic E-state index is 11.6. The average Bonchev–Trinajstić information content (AvgIpc) is 2.82. The summed E-state index contributed by atoms with van der Waals surface area (Å²) < 4.78 is 6.53. The van der Waals surface area contributed by atoms with Gasteiger partial charge in [0, 0.05) is 10.9 Å². The predicted molar refractivity (Wildman–Crippen MR) is 78.6 cm³/mol. The number of amides is 1. The summed E-state index contributed by atoms with van der Waals surface area (Å²) in [6.45, 7) is 2.26. The van der Waals surface area contributed by atoms with E-state index in [1.807, 2.05) is 24.3 Å². The lowest BCUT2D eigenvalue weighted by molar-refractivity contribution is -0.116. The number of aryl methyl sites for hydroxylation is 1. The van der Waals surface area contributed by atoms with Crippen molar-refractivity contribution in [3.63, 3.8) is 0 Å². The highest BCUT2D eigenvalue weighted by atomic mass is 79.9. The highest BCUT2D eigenvalue weighted by Gasteiger charge is 2.05. The Bertz CT molecular complexity index is 568. The van der Waals surface area contributed by atoms with Crippen molar-refractivity contribution in [1.82, 2.24) is 15.2 Å². The van der Waals surface area contributed by atoms with Gasteiger partial charge in [-0.15, -0.1) is 5.10 Å². The summed E-state index contributed by atoms with van der Waals surface area (Å²) in [4.78, 5) is 15.6. The molecule has 1 amide bonds. The van der Waals surface area contributed by atoms with Crippen LogP contribution in [-0.4, -0.2) is 27.7 Å². The van der Waals surface area contributed by atoms with E-state index in [-0.39, 0.29) is 5.91 Å². The molecule has 0 bridgehead atoms. The van der Waals surface area contributed by atoms with E-state index in [9.17, 15) is 4.79 Å². The Kier molecular flexibility index (Phi) is 5.11. The van der Waals surface area contributed by atoms with Crippen LogP contribution in [0.4, 0.5) is 5.95 Å². The molecule has 0 radical (unpaired) electrons. The van der Waals surface area contributed by atoms with Gasteiger partial charge in [-0.05, 0) is 37.6 Å². The minimum absolute atomic E-state index is 0.122. The molecule has 0 saturated heterocycles. The molecule has 106 valence electrons. The van der Waals surface area contributed by atoms with Crippen LogP contribution in [0.2, 0.25) is 0 Å². The van der Waals surface area contributed by atoms with E-state index < -0.39 is 0 Å². The zero-order valence-corrected chi connectivity index (χ0v) is 12.6. The second kappa shape index (κ2) is 7.04. The van der Waals surface area contributed by atoms with Crippen LogP contribution in [0.25, 0.3) is 0 Å². The molecular weight excluding hydrogens is 324 g/mol. The van der Waals surface area contributed by atoms with Crippen LogP contribution < -0.4 is 10.1 Å². The summed E-state index contributed by atoms with van der Waals surface area (Å²) in [7, 11) is 0. The van der Waals surface area contributed by atoms with Gasteiger partial charge in [0.05, 0.1) is 6.61 Å². The number of carbonyl (C=O) groups excluding carboxylic acids is 1. The van der Waals surface area contributed by atoms with Crippen molar-refractivity contribution in [2.75, 3.05) is 11.9 Å². The number of ether oxygens (including phenoxy) is 1. The topological polar surface area (TPSA) is 79.9 Å². The van der Waals surface area contributed by atoms with Crippen LogP contribution in [-0.2, 0) is 4.79 Å². The van der Waals surface area contributed by atoms with Crippen LogP contribution in [0.15, 0.2) is 28.7 Å². The fourth-order valence-electron chi connectivity index (χ4n) is 1.54. The number of H-pyrrole nitrogens is 1. The Morgan fingerprint density at radius 2 is 2.15 bits per heavy atom. The number of rotatable bonds is 6. The number of nitrogens with one attached hydrogen (secondary N) is 2. The van der Waals surface area contributed by atoms with E-state index in [1.165, 1.54) is 0 Å². The maximum atomic E-state index is 11.6. The fraction of sp³-hybridized carbons (Fsp3) is 0.308. The fourth-order valence-corrected chi connectivity index (χ4v) is 1.80. The Morgan fingerprint density at radius 1 is 1.40 bits per heavy atom. The summed E-state index contributed by atoms with van der Waals surface area (Å²) in [5.41, 5.74) is 0.